The van der Waals surface area contributed by atoms with Crippen LogP contribution in [0.15, 0.2) is 109 Å². The van der Waals surface area contributed by atoms with Crippen molar-refractivity contribution in [2.24, 2.45) is 0 Å². The number of ether oxygens (including phenoxy) is 2. The number of benzene rings is 5. The molecule has 0 bridgehead atoms. The first-order valence-electron chi connectivity index (χ1n) is 14.1. The Bertz CT molecular complexity index is 2140. The summed E-state index contributed by atoms with van der Waals surface area (Å²) in [5, 5.41) is 2.53. The van der Waals surface area contributed by atoms with Crippen molar-refractivity contribution in [3.05, 3.63) is 126 Å². The number of hydrogen-bond donors (Lipinski definition) is 0. The quantitative estimate of drug-likeness (QED) is 0.175. The first-order valence-corrected chi connectivity index (χ1v) is 14.9. The molecule has 194 valence electrons. The van der Waals surface area contributed by atoms with E-state index in [1.165, 1.54) is 53.5 Å². The van der Waals surface area contributed by atoms with Crippen molar-refractivity contribution >= 4 is 60.3 Å². The third-order valence-electron chi connectivity index (χ3n) is 8.88. The third-order valence-corrected chi connectivity index (χ3v) is 10.1. The van der Waals surface area contributed by atoms with E-state index < -0.39 is 0 Å². The zero-order chi connectivity index (χ0) is 27.2. The number of aryl methyl sites for hydroxylation is 1. The van der Waals surface area contributed by atoms with Crippen LogP contribution in [0.3, 0.4) is 0 Å². The highest BCUT2D eigenvalue weighted by atomic mass is 32.1. The molecule has 3 nitrogen and oxygen atoms in total. The molecule has 5 heteroatoms. The van der Waals surface area contributed by atoms with Crippen molar-refractivity contribution in [1.82, 2.24) is 0 Å². The smallest absolute Gasteiger partial charge is 0.260 e. The van der Waals surface area contributed by atoms with Crippen LogP contribution in [0.2, 0.25) is 0 Å². The van der Waals surface area contributed by atoms with Crippen LogP contribution in [0.1, 0.15) is 22.6 Å². The number of thiophene rings is 1. The Balaban J connectivity index is 1.30. The van der Waals surface area contributed by atoms with E-state index in [0.717, 1.165) is 28.5 Å². The minimum absolute atomic E-state index is 0.0766. The summed E-state index contributed by atoms with van der Waals surface area (Å²) in [5.41, 5.74) is 8.77. The third kappa shape index (κ3) is 3.18. The lowest BCUT2D eigenvalue weighted by Gasteiger charge is -2.32. The van der Waals surface area contributed by atoms with Crippen molar-refractivity contribution < 1.29 is 14.0 Å². The maximum atomic E-state index is 6.79. The highest BCUT2D eigenvalue weighted by molar-refractivity contribution is 7.26. The molecule has 3 aliphatic rings. The number of allylic oxidation sites excluding steroid dienone is 1. The predicted octanol–water partition coefficient (Wildman–Crippen LogP) is 6.83. The second-order valence-electron chi connectivity index (χ2n) is 11.2. The molecule has 1 aromatic heterocycles. The number of hydrogen-bond acceptors (Lipinski definition) is 3. The highest BCUT2D eigenvalue weighted by Crippen LogP contribution is 2.45. The zero-order valence-corrected chi connectivity index (χ0v) is 23.5. The van der Waals surface area contributed by atoms with Gasteiger partial charge in [-0.25, -0.2) is 4.58 Å². The van der Waals surface area contributed by atoms with Gasteiger partial charge in [-0.05, 0) is 53.3 Å². The summed E-state index contributed by atoms with van der Waals surface area (Å²) in [7, 11) is 2.17. The van der Waals surface area contributed by atoms with Gasteiger partial charge in [0.05, 0.1) is 16.2 Å². The molecule has 6 aromatic rings. The molecular formula is C36H25BNO2S+. The molecule has 3 aliphatic heterocycles. The summed E-state index contributed by atoms with van der Waals surface area (Å²) < 4.78 is 17.9. The topological polar surface area (TPSA) is 21.5 Å². The maximum Gasteiger partial charge on any atom is 0.260 e. The normalized spacial score (nSPS) is 16.4. The molecule has 41 heavy (non-hydrogen) atoms. The van der Waals surface area contributed by atoms with Gasteiger partial charge in [0.15, 0.2) is 6.20 Å². The van der Waals surface area contributed by atoms with Crippen LogP contribution in [0.5, 0.6) is 23.0 Å². The standard InChI is InChI=1S/C36H25BNO2S/c1-21-15-16-24-25-17-18-27-34(40-30-14-8-13-29-32(30)37(27)26-11-6-7-12-28(26)39-29)36(25)41-35(24)31(21)33-23(19-20-38(33)2)22-9-4-3-5-10-22/h3-20,23H,1-2H3/q+1. The average molecular weight is 546 g/mol. The lowest BCUT2D eigenvalue weighted by Crippen LogP contribution is -2.57. The van der Waals surface area contributed by atoms with E-state index in [1.54, 1.807) is 0 Å². The lowest BCUT2D eigenvalue weighted by atomic mass is 9.35. The summed E-state index contributed by atoms with van der Waals surface area (Å²) in [6.45, 7) is 2.32. The van der Waals surface area contributed by atoms with Gasteiger partial charge in [-0.1, -0.05) is 78.9 Å². The Hall–Kier alpha value is -4.61. The van der Waals surface area contributed by atoms with Gasteiger partial charge >= 0.3 is 0 Å². The molecule has 0 spiro atoms. The maximum absolute atomic E-state index is 6.79. The molecule has 0 amide bonds. The molecule has 4 heterocycles. The minimum Gasteiger partial charge on any atom is -0.458 e. The highest BCUT2D eigenvalue weighted by Gasteiger charge is 2.41. The van der Waals surface area contributed by atoms with E-state index in [9.17, 15) is 0 Å². The van der Waals surface area contributed by atoms with Crippen molar-refractivity contribution in [2.45, 2.75) is 12.8 Å². The fourth-order valence-electron chi connectivity index (χ4n) is 7.02. The van der Waals surface area contributed by atoms with E-state index in [2.05, 4.69) is 116 Å². The van der Waals surface area contributed by atoms with Crippen LogP contribution in [0, 0.1) is 6.92 Å². The molecule has 0 saturated carbocycles. The zero-order valence-electron chi connectivity index (χ0n) is 22.7. The average Bonchev–Trinajstić information content (AvgIpc) is 3.58. The summed E-state index contributed by atoms with van der Waals surface area (Å²) in [5.74, 6) is 3.87. The Morgan fingerprint density at radius 3 is 2.32 bits per heavy atom. The van der Waals surface area contributed by atoms with Crippen LogP contribution in [-0.4, -0.2) is 24.0 Å². The summed E-state index contributed by atoms with van der Waals surface area (Å²) in [4.78, 5) is 0. The van der Waals surface area contributed by atoms with Crippen LogP contribution in [0.25, 0.3) is 20.2 Å². The molecule has 1 unspecified atom stereocenters. The van der Waals surface area contributed by atoms with Crippen LogP contribution in [0.4, 0.5) is 0 Å². The number of fused-ring (bicyclic) bond motifs is 8. The summed E-state index contributed by atoms with van der Waals surface area (Å²) in [6.07, 6.45) is 4.53. The second-order valence-corrected chi connectivity index (χ2v) is 12.2. The van der Waals surface area contributed by atoms with Gasteiger partial charge in [-0.2, -0.15) is 0 Å². The van der Waals surface area contributed by atoms with Gasteiger partial charge in [-0.3, -0.25) is 0 Å². The molecular weight excluding hydrogens is 521 g/mol. The lowest BCUT2D eigenvalue weighted by molar-refractivity contribution is -0.418. The minimum atomic E-state index is 0.0766. The SMILES string of the molecule is Cc1ccc2c(sc3c4c(ccc32)B2c3ccccc3Oc3cccc(c32)O4)c1C1=[N+](C)C=CC1c1ccccc1. The first-order chi connectivity index (χ1) is 20.2. The summed E-state index contributed by atoms with van der Waals surface area (Å²) in [6, 6.07) is 34.5. The fraction of sp³-hybridized carbons (Fsp3) is 0.0833. The van der Waals surface area contributed by atoms with E-state index >= 15 is 0 Å². The molecule has 9 rings (SSSR count). The first kappa shape index (κ1) is 23.1. The molecule has 0 radical (unpaired) electrons. The molecule has 0 N–H and O–H groups in total. The van der Waals surface area contributed by atoms with Gasteiger partial charge in [-0.15, -0.1) is 11.3 Å². The van der Waals surface area contributed by atoms with Gasteiger partial charge in [0.1, 0.15) is 30.0 Å². The van der Waals surface area contributed by atoms with Gasteiger partial charge in [0, 0.05) is 20.9 Å². The molecule has 0 saturated heterocycles. The van der Waals surface area contributed by atoms with E-state index in [4.69, 9.17) is 9.47 Å². The van der Waals surface area contributed by atoms with E-state index in [1.807, 2.05) is 23.5 Å². The molecule has 0 fully saturated rings. The van der Waals surface area contributed by atoms with Crippen LogP contribution in [-0.2, 0) is 0 Å². The van der Waals surface area contributed by atoms with Crippen LogP contribution >= 0.6 is 11.3 Å². The molecule has 0 aliphatic carbocycles. The Kier molecular flexibility index (Phi) is 4.77. The van der Waals surface area contributed by atoms with Crippen LogP contribution < -0.4 is 25.9 Å². The van der Waals surface area contributed by atoms with E-state index in [0.29, 0.717) is 0 Å². The van der Waals surface area contributed by atoms with Crippen molar-refractivity contribution in [1.29, 1.82) is 0 Å². The number of para-hydroxylation sites is 1. The van der Waals surface area contributed by atoms with Crippen molar-refractivity contribution in [3.63, 3.8) is 0 Å². The number of rotatable bonds is 2. The van der Waals surface area contributed by atoms with Gasteiger partial charge in [0.2, 0.25) is 5.71 Å². The molecule has 5 aromatic carbocycles. The van der Waals surface area contributed by atoms with Crippen molar-refractivity contribution in [3.8, 4) is 23.0 Å². The Labute approximate surface area is 242 Å². The van der Waals surface area contributed by atoms with Crippen molar-refractivity contribution in [2.75, 3.05) is 7.05 Å². The number of nitrogens with zero attached hydrogens (tertiary/aromatic N) is 1. The van der Waals surface area contributed by atoms with Gasteiger partial charge < -0.3 is 9.47 Å². The largest absolute Gasteiger partial charge is 0.458 e. The fourth-order valence-corrected chi connectivity index (χ4v) is 8.42. The monoisotopic (exact) mass is 546 g/mol. The molecule has 1 atom stereocenters. The predicted molar refractivity (Wildman–Crippen MR) is 170 cm³/mol. The van der Waals surface area contributed by atoms with Gasteiger partial charge in [0.25, 0.3) is 6.71 Å². The van der Waals surface area contributed by atoms with E-state index in [-0.39, 0.29) is 12.6 Å². The second kappa shape index (κ2) is 8.45. The Morgan fingerprint density at radius 2 is 1.44 bits per heavy atom. The summed E-state index contributed by atoms with van der Waals surface area (Å²) >= 11 is 1.86. The Morgan fingerprint density at radius 1 is 0.707 bits per heavy atom.